The summed E-state index contributed by atoms with van der Waals surface area (Å²) in [5.41, 5.74) is 1.17. The number of urea groups is 1. The summed E-state index contributed by atoms with van der Waals surface area (Å²) in [4.78, 5) is 34.6. The molecule has 1 aromatic rings. The molecular formula is C18H27N5O2S. The van der Waals surface area contributed by atoms with Gasteiger partial charge in [-0.25, -0.2) is 9.78 Å². The van der Waals surface area contributed by atoms with Gasteiger partial charge in [-0.1, -0.05) is 6.42 Å². The van der Waals surface area contributed by atoms with E-state index in [-0.39, 0.29) is 18.0 Å². The van der Waals surface area contributed by atoms with Gasteiger partial charge in [-0.3, -0.25) is 10.1 Å². The fourth-order valence-electron chi connectivity index (χ4n) is 4.15. The van der Waals surface area contributed by atoms with Crippen LogP contribution in [0.25, 0.3) is 0 Å². The molecule has 3 amide bonds. The van der Waals surface area contributed by atoms with E-state index in [2.05, 4.69) is 15.6 Å². The number of carbonyl (C=O) groups is 2. The van der Waals surface area contributed by atoms with Crippen molar-refractivity contribution in [3.05, 3.63) is 10.6 Å². The molecule has 2 fully saturated rings. The molecular weight excluding hydrogens is 350 g/mol. The maximum atomic E-state index is 12.7. The van der Waals surface area contributed by atoms with Gasteiger partial charge in [0.15, 0.2) is 5.13 Å². The summed E-state index contributed by atoms with van der Waals surface area (Å²) in [6.07, 6.45) is 7.69. The Morgan fingerprint density at radius 1 is 1.19 bits per heavy atom. The number of piperidine rings is 1. The van der Waals surface area contributed by atoms with Crippen LogP contribution < -0.4 is 10.6 Å². The van der Waals surface area contributed by atoms with Gasteiger partial charge in [0.05, 0.1) is 12.2 Å². The van der Waals surface area contributed by atoms with Crippen molar-refractivity contribution >= 4 is 28.4 Å². The minimum Gasteiger partial charge on any atom is -0.336 e. The first-order valence-corrected chi connectivity index (χ1v) is 10.6. The van der Waals surface area contributed by atoms with Crippen LogP contribution in [0.15, 0.2) is 0 Å². The highest BCUT2D eigenvalue weighted by molar-refractivity contribution is 7.15. The Kier molecular flexibility index (Phi) is 5.40. The fourth-order valence-corrected chi connectivity index (χ4v) is 5.19. The Hall–Kier alpha value is -1.67. The number of amides is 3. The van der Waals surface area contributed by atoms with Crippen LogP contribution in [0.5, 0.6) is 0 Å². The van der Waals surface area contributed by atoms with E-state index < -0.39 is 0 Å². The third-order valence-corrected chi connectivity index (χ3v) is 6.63. The Morgan fingerprint density at radius 3 is 2.96 bits per heavy atom. The van der Waals surface area contributed by atoms with Crippen LogP contribution in [-0.4, -0.2) is 65.5 Å². The highest BCUT2D eigenvalue weighted by Gasteiger charge is 2.32. The summed E-state index contributed by atoms with van der Waals surface area (Å²) >= 11 is 1.63. The summed E-state index contributed by atoms with van der Waals surface area (Å²) in [7, 11) is 0. The smallest absolute Gasteiger partial charge is 0.323 e. The molecule has 1 atom stereocenters. The first-order valence-electron chi connectivity index (χ1n) is 9.75. The summed E-state index contributed by atoms with van der Waals surface area (Å²) in [5.74, 6) is 0.146. The minimum atomic E-state index is -0.0822. The Labute approximate surface area is 158 Å². The van der Waals surface area contributed by atoms with Gasteiger partial charge < -0.3 is 15.1 Å². The Bertz CT molecular complexity index is 653. The number of aryl methyl sites for hydroxylation is 2. The third kappa shape index (κ3) is 3.86. The topological polar surface area (TPSA) is 77.6 Å². The zero-order valence-corrected chi connectivity index (χ0v) is 15.9. The monoisotopic (exact) mass is 377 g/mol. The molecule has 0 bridgehead atoms. The second-order valence-electron chi connectivity index (χ2n) is 7.39. The molecule has 4 rings (SSSR count). The number of piperazine rings is 1. The quantitative estimate of drug-likeness (QED) is 0.771. The van der Waals surface area contributed by atoms with Gasteiger partial charge in [0.2, 0.25) is 5.91 Å². The van der Waals surface area contributed by atoms with E-state index in [0.29, 0.717) is 13.1 Å². The normalized spacial score (nSPS) is 24.2. The second kappa shape index (κ2) is 7.92. The molecule has 2 aliphatic heterocycles. The molecule has 7 nitrogen and oxygen atoms in total. The number of carbonyl (C=O) groups excluding carboxylic acids is 2. The van der Waals surface area contributed by atoms with Gasteiger partial charge >= 0.3 is 6.03 Å². The number of aromatic nitrogens is 1. The molecule has 142 valence electrons. The lowest BCUT2D eigenvalue weighted by Gasteiger charge is -2.40. The van der Waals surface area contributed by atoms with E-state index in [0.717, 1.165) is 50.4 Å². The van der Waals surface area contributed by atoms with Gasteiger partial charge in [0.1, 0.15) is 0 Å². The number of likely N-dealkylation sites (tertiary alicyclic amines) is 1. The number of anilines is 1. The molecule has 0 aromatic carbocycles. The number of rotatable bonds is 2. The van der Waals surface area contributed by atoms with Crippen LogP contribution >= 0.6 is 11.3 Å². The number of fused-ring (bicyclic) bond motifs is 1. The van der Waals surface area contributed by atoms with Crippen molar-refractivity contribution in [1.82, 2.24) is 20.1 Å². The minimum absolute atomic E-state index is 0.0822. The Morgan fingerprint density at radius 2 is 2.08 bits per heavy atom. The highest BCUT2D eigenvalue weighted by atomic mass is 32.1. The van der Waals surface area contributed by atoms with Crippen molar-refractivity contribution in [1.29, 1.82) is 0 Å². The number of hydrogen-bond donors (Lipinski definition) is 2. The van der Waals surface area contributed by atoms with Gasteiger partial charge in [-0.05, 0) is 38.5 Å². The molecule has 26 heavy (non-hydrogen) atoms. The van der Waals surface area contributed by atoms with Gasteiger partial charge in [-0.15, -0.1) is 11.3 Å². The van der Waals surface area contributed by atoms with Crippen molar-refractivity contribution in [2.24, 2.45) is 0 Å². The predicted octanol–water partition coefficient (Wildman–Crippen LogP) is 1.84. The zero-order valence-electron chi connectivity index (χ0n) is 15.1. The largest absolute Gasteiger partial charge is 0.336 e. The van der Waals surface area contributed by atoms with E-state index in [1.54, 1.807) is 11.3 Å². The van der Waals surface area contributed by atoms with Crippen molar-refractivity contribution in [2.45, 2.75) is 51.0 Å². The van der Waals surface area contributed by atoms with Crippen molar-refractivity contribution in [3.63, 3.8) is 0 Å². The van der Waals surface area contributed by atoms with Crippen molar-refractivity contribution in [2.75, 3.05) is 38.0 Å². The molecule has 0 spiro atoms. The number of nitrogens with zero attached hydrogens (tertiary/aromatic N) is 3. The van der Waals surface area contributed by atoms with Crippen LogP contribution in [0, 0.1) is 0 Å². The number of hydrogen-bond acceptors (Lipinski definition) is 5. The van der Waals surface area contributed by atoms with Crippen molar-refractivity contribution < 1.29 is 9.59 Å². The van der Waals surface area contributed by atoms with Gasteiger partial charge in [-0.2, -0.15) is 0 Å². The SMILES string of the molecule is O=C(Nc1nc2c(s1)CCCCC2)N1CCCC(N2CCNCC2=O)C1. The number of thiazole rings is 1. The van der Waals surface area contributed by atoms with E-state index in [4.69, 9.17) is 0 Å². The fraction of sp³-hybridized carbons (Fsp3) is 0.722. The number of nitrogens with one attached hydrogen (secondary N) is 2. The maximum Gasteiger partial charge on any atom is 0.323 e. The molecule has 2 saturated heterocycles. The Balaban J connectivity index is 1.37. The van der Waals surface area contributed by atoms with Crippen LogP contribution in [0.3, 0.4) is 0 Å². The second-order valence-corrected chi connectivity index (χ2v) is 8.47. The van der Waals surface area contributed by atoms with Gasteiger partial charge in [0, 0.05) is 37.1 Å². The van der Waals surface area contributed by atoms with E-state index >= 15 is 0 Å². The lowest BCUT2D eigenvalue weighted by atomic mass is 10.0. The molecule has 2 N–H and O–H groups in total. The van der Waals surface area contributed by atoms with Crippen LogP contribution in [-0.2, 0) is 17.6 Å². The molecule has 3 aliphatic rings. The molecule has 0 saturated carbocycles. The lowest BCUT2D eigenvalue weighted by molar-refractivity contribution is -0.135. The zero-order chi connectivity index (χ0) is 17.9. The molecule has 1 aromatic heterocycles. The summed E-state index contributed by atoms with van der Waals surface area (Å²) < 4.78 is 0. The van der Waals surface area contributed by atoms with Crippen LogP contribution in [0.4, 0.5) is 9.93 Å². The first kappa shape index (κ1) is 17.7. The summed E-state index contributed by atoms with van der Waals surface area (Å²) in [6.45, 7) is 3.33. The maximum absolute atomic E-state index is 12.7. The van der Waals surface area contributed by atoms with Crippen LogP contribution in [0.2, 0.25) is 0 Å². The molecule has 8 heteroatoms. The van der Waals surface area contributed by atoms with E-state index in [9.17, 15) is 9.59 Å². The summed E-state index contributed by atoms with van der Waals surface area (Å²) in [5, 5.41) is 6.83. The lowest BCUT2D eigenvalue weighted by Crippen LogP contribution is -2.57. The van der Waals surface area contributed by atoms with Gasteiger partial charge in [0.25, 0.3) is 0 Å². The highest BCUT2D eigenvalue weighted by Crippen LogP contribution is 2.29. The van der Waals surface area contributed by atoms with Crippen molar-refractivity contribution in [3.8, 4) is 0 Å². The summed E-state index contributed by atoms with van der Waals surface area (Å²) in [6, 6.07) is 0.0540. The average Bonchev–Trinajstić information content (AvgIpc) is 2.90. The molecule has 1 unspecified atom stereocenters. The average molecular weight is 378 g/mol. The first-order chi connectivity index (χ1) is 12.7. The third-order valence-electron chi connectivity index (χ3n) is 5.56. The standard InChI is InChI=1S/C18H27N5O2S/c24-16-11-19-8-10-23(16)13-5-4-9-22(12-13)18(25)21-17-20-14-6-2-1-3-7-15(14)26-17/h13,19H,1-12H2,(H,20,21,25). The van der Waals surface area contributed by atoms with Crippen LogP contribution in [0.1, 0.15) is 42.7 Å². The molecule has 1 aliphatic carbocycles. The molecule has 0 radical (unpaired) electrons. The molecule has 3 heterocycles. The van der Waals surface area contributed by atoms with E-state index in [1.165, 1.54) is 29.8 Å². The predicted molar refractivity (Wildman–Crippen MR) is 102 cm³/mol. The van der Waals surface area contributed by atoms with E-state index in [1.807, 2.05) is 9.80 Å².